The fraction of sp³-hybridized carbons (Fsp3) is 0.426. The van der Waals surface area contributed by atoms with Crippen molar-refractivity contribution in [3.8, 4) is 0 Å². The molecule has 6 unspecified atom stereocenters. The summed E-state index contributed by atoms with van der Waals surface area (Å²) in [5.74, 6) is -0.254. The lowest BCUT2D eigenvalue weighted by atomic mass is 9.49. The summed E-state index contributed by atoms with van der Waals surface area (Å²) in [7, 11) is 8.35. The topological polar surface area (TPSA) is 81.8 Å². The van der Waals surface area contributed by atoms with Crippen molar-refractivity contribution in [2.45, 2.75) is 66.2 Å². The zero-order chi connectivity index (χ0) is 48.2. The molecule has 0 bridgehead atoms. The number of ketones is 3. The second-order valence-electron chi connectivity index (χ2n) is 20.9. The van der Waals surface area contributed by atoms with E-state index in [1.54, 1.807) is 0 Å². The Kier molecular flexibility index (Phi) is 15.3. The van der Waals surface area contributed by atoms with Crippen molar-refractivity contribution in [3.63, 3.8) is 0 Å². The average Bonchev–Trinajstić information content (AvgIpc) is 3.36. The van der Waals surface area contributed by atoms with Gasteiger partial charge in [-0.3, -0.25) is 14.4 Å². The Morgan fingerprint density at radius 2 is 0.941 bits per heavy atom. The normalized spacial score (nSPS) is 25.3. The van der Waals surface area contributed by atoms with Gasteiger partial charge in [0.1, 0.15) is 0 Å². The summed E-state index contributed by atoms with van der Waals surface area (Å²) in [6.07, 6.45) is 14.1. The van der Waals surface area contributed by atoms with Crippen molar-refractivity contribution in [2.75, 3.05) is 67.5 Å². The van der Waals surface area contributed by atoms with Crippen LogP contribution >= 0.6 is 0 Å². The Hall–Kier alpha value is -5.31. The van der Waals surface area contributed by atoms with Crippen LogP contribution in [0.4, 0.5) is 0 Å². The van der Waals surface area contributed by atoms with E-state index in [9.17, 15) is 0 Å². The number of hydrogen-bond acceptors (Lipinski definition) is 7. The van der Waals surface area contributed by atoms with E-state index in [0.717, 1.165) is 96.4 Å². The van der Waals surface area contributed by atoms with E-state index in [1.807, 2.05) is 60.7 Å². The first kappa shape index (κ1) is 49.1. The minimum absolute atomic E-state index is 0.0772. The maximum absolute atomic E-state index is 17.8. The van der Waals surface area contributed by atoms with E-state index >= 15 is 14.4 Å². The number of piperidine rings is 2. The van der Waals surface area contributed by atoms with Gasteiger partial charge < -0.3 is 20.4 Å². The van der Waals surface area contributed by atoms with Crippen LogP contribution in [0.5, 0.6) is 0 Å². The van der Waals surface area contributed by atoms with Crippen LogP contribution in [0.1, 0.15) is 92.6 Å². The summed E-state index contributed by atoms with van der Waals surface area (Å²) in [5, 5.41) is 7.51. The van der Waals surface area contributed by atoms with Gasteiger partial charge >= 0.3 is 0 Å². The SMILES string of the molecule is Cc1cccc(C2=CC(C3CCCNC3)C(CCN(C)C)(C(=O)C3(CCN(C)C)C=C(C(=O)c4ccccc4)C(c4cccc(C)c4C)=CC3C3CCCNC3)C=C2C(=O)c2ccccc2)c1C. The van der Waals surface area contributed by atoms with Gasteiger partial charge in [-0.1, -0.05) is 121 Å². The molecule has 2 N–H and O–H groups in total. The second-order valence-corrected chi connectivity index (χ2v) is 20.9. The van der Waals surface area contributed by atoms with Gasteiger partial charge in [0.15, 0.2) is 17.3 Å². The van der Waals surface area contributed by atoms with Crippen molar-refractivity contribution < 1.29 is 14.4 Å². The van der Waals surface area contributed by atoms with Gasteiger partial charge in [0.2, 0.25) is 0 Å². The molecule has 2 saturated heterocycles. The molecule has 0 radical (unpaired) electrons. The molecular weight excluding hydrogens is 837 g/mol. The number of hydrogen-bond donors (Lipinski definition) is 2. The van der Waals surface area contributed by atoms with Gasteiger partial charge in [0.25, 0.3) is 0 Å². The molecule has 0 amide bonds. The molecule has 2 fully saturated rings. The molecule has 68 heavy (non-hydrogen) atoms. The minimum Gasteiger partial charge on any atom is -0.316 e. The fourth-order valence-corrected chi connectivity index (χ4v) is 12.0. The summed E-state index contributed by atoms with van der Waals surface area (Å²) in [4.78, 5) is 53.3. The number of nitrogens with zero attached hydrogens (tertiary/aromatic N) is 2. The highest BCUT2D eigenvalue weighted by Crippen LogP contribution is 2.58. The Balaban J connectivity index is 1.48. The first-order valence-corrected chi connectivity index (χ1v) is 25.2. The molecule has 2 heterocycles. The first-order valence-electron chi connectivity index (χ1n) is 25.2. The van der Waals surface area contributed by atoms with Crippen LogP contribution < -0.4 is 10.6 Å². The van der Waals surface area contributed by atoms with Gasteiger partial charge in [-0.15, -0.1) is 0 Å². The van der Waals surface area contributed by atoms with Crippen molar-refractivity contribution in [2.24, 2.45) is 34.5 Å². The highest BCUT2D eigenvalue weighted by Gasteiger charge is 2.59. The molecule has 356 valence electrons. The summed E-state index contributed by atoms with van der Waals surface area (Å²) < 4.78 is 0. The molecule has 6 atom stereocenters. The highest BCUT2D eigenvalue weighted by atomic mass is 16.1. The van der Waals surface area contributed by atoms with Gasteiger partial charge in [0.05, 0.1) is 10.8 Å². The Labute approximate surface area is 406 Å². The zero-order valence-corrected chi connectivity index (χ0v) is 42.0. The lowest BCUT2D eigenvalue weighted by Crippen LogP contribution is -2.56. The van der Waals surface area contributed by atoms with Gasteiger partial charge in [-0.05, 0) is 202 Å². The predicted octanol–water partition coefficient (Wildman–Crippen LogP) is 10.7. The molecule has 0 aromatic heterocycles. The quantitative estimate of drug-likeness (QED) is 0.108. The van der Waals surface area contributed by atoms with Crippen LogP contribution in [-0.4, -0.2) is 94.6 Å². The average molecular weight is 911 g/mol. The molecule has 8 rings (SSSR count). The number of nitrogens with one attached hydrogen (secondary N) is 2. The minimum atomic E-state index is -1.12. The lowest BCUT2D eigenvalue weighted by Gasteiger charge is -2.53. The third kappa shape index (κ3) is 9.78. The molecule has 7 heteroatoms. The summed E-state index contributed by atoms with van der Waals surface area (Å²) >= 11 is 0. The van der Waals surface area contributed by atoms with E-state index in [4.69, 9.17) is 0 Å². The molecule has 0 saturated carbocycles. The number of rotatable bonds is 16. The van der Waals surface area contributed by atoms with E-state index in [1.165, 1.54) is 0 Å². The Morgan fingerprint density at radius 1 is 0.544 bits per heavy atom. The van der Waals surface area contributed by atoms with E-state index < -0.39 is 10.8 Å². The molecule has 2 aliphatic heterocycles. The summed E-state index contributed by atoms with van der Waals surface area (Å²) in [6, 6.07) is 32.0. The maximum Gasteiger partial charge on any atom is 0.193 e. The van der Waals surface area contributed by atoms with Crippen LogP contribution in [0, 0.1) is 62.2 Å². The number of Topliss-reactive ketones (excluding diaryl/α,β-unsaturated/α-hetero) is 3. The smallest absolute Gasteiger partial charge is 0.193 e. The number of carbonyl (C=O) groups is 3. The molecular formula is C61H74N4O3. The van der Waals surface area contributed by atoms with Crippen molar-refractivity contribution in [1.82, 2.24) is 20.4 Å². The third-order valence-electron chi connectivity index (χ3n) is 16.1. The van der Waals surface area contributed by atoms with Crippen LogP contribution in [0.3, 0.4) is 0 Å². The molecule has 2 aliphatic carbocycles. The second kappa shape index (κ2) is 21.1. The van der Waals surface area contributed by atoms with Crippen molar-refractivity contribution in [3.05, 3.63) is 177 Å². The van der Waals surface area contributed by atoms with Crippen molar-refractivity contribution >= 4 is 28.5 Å². The molecule has 4 aliphatic rings. The van der Waals surface area contributed by atoms with Gasteiger partial charge in [-0.25, -0.2) is 0 Å². The molecule has 4 aromatic rings. The monoisotopic (exact) mass is 911 g/mol. The van der Waals surface area contributed by atoms with E-state index in [-0.39, 0.29) is 41.0 Å². The zero-order valence-electron chi connectivity index (χ0n) is 42.0. The summed E-state index contributed by atoms with van der Waals surface area (Å²) in [5.41, 5.74) is 8.61. The fourth-order valence-electron chi connectivity index (χ4n) is 12.0. The largest absolute Gasteiger partial charge is 0.316 e. The Morgan fingerprint density at radius 3 is 1.29 bits per heavy atom. The first-order chi connectivity index (χ1) is 32.8. The summed E-state index contributed by atoms with van der Waals surface area (Å²) in [6.45, 7) is 13.3. The molecule has 4 aromatic carbocycles. The van der Waals surface area contributed by atoms with Gasteiger partial charge in [0, 0.05) is 22.3 Å². The third-order valence-corrected chi connectivity index (χ3v) is 16.1. The molecule has 7 nitrogen and oxygen atoms in total. The number of aryl methyl sites for hydroxylation is 2. The van der Waals surface area contributed by atoms with E-state index in [0.29, 0.717) is 48.2 Å². The van der Waals surface area contributed by atoms with Crippen LogP contribution in [0.2, 0.25) is 0 Å². The predicted molar refractivity (Wildman–Crippen MR) is 280 cm³/mol. The number of allylic oxidation sites excluding steroid dienone is 8. The van der Waals surface area contributed by atoms with Crippen LogP contribution in [0.25, 0.3) is 11.1 Å². The van der Waals surface area contributed by atoms with Crippen LogP contribution in [0.15, 0.2) is 133 Å². The number of benzene rings is 4. The lowest BCUT2D eigenvalue weighted by molar-refractivity contribution is -0.141. The van der Waals surface area contributed by atoms with E-state index in [2.05, 4.69) is 137 Å². The van der Waals surface area contributed by atoms with Crippen LogP contribution in [-0.2, 0) is 4.79 Å². The number of carbonyl (C=O) groups excluding carboxylic acids is 3. The maximum atomic E-state index is 17.8. The van der Waals surface area contributed by atoms with Gasteiger partial charge in [-0.2, -0.15) is 0 Å². The molecule has 0 spiro atoms. The standard InChI is InChI=1S/C61H74N4O3/c1-41-19-15-27-49(43(41)3)51-35-55(47-25-17-31-62-39-47)60(29-33-64(5)6,37-53(51)57(66)45-21-11-9-12-22-45)59(68)61(30-34-65(7)8)38-54(58(67)46-23-13-10-14-24-46)52(50-28-16-20-42(2)44(50)4)36-56(61)48-26-18-32-63-40-48/h9-16,19-24,27-28,35-38,47-48,55-56,62-63H,17-18,25-26,29-34,39-40H2,1-8H3. The van der Waals surface area contributed by atoms with Crippen molar-refractivity contribution in [1.29, 1.82) is 0 Å². The Bertz CT molecular complexity index is 2430. The highest BCUT2D eigenvalue weighted by molar-refractivity contribution is 6.21.